The maximum absolute atomic E-state index is 12.7. The van der Waals surface area contributed by atoms with Gasteiger partial charge in [-0.1, -0.05) is 47.7 Å². The van der Waals surface area contributed by atoms with Crippen LogP contribution in [0.15, 0.2) is 47.3 Å². The smallest absolute Gasteiger partial charge is 0.410 e. The first kappa shape index (κ1) is 21.8. The molecule has 1 amide bonds. The molecule has 8 nitrogen and oxygen atoms in total. The lowest BCUT2D eigenvalue weighted by molar-refractivity contribution is -0.114. The molecule has 0 fully saturated rings. The van der Waals surface area contributed by atoms with Gasteiger partial charge in [-0.3, -0.25) is 9.69 Å². The summed E-state index contributed by atoms with van der Waals surface area (Å²) in [6, 6.07) is 12.8. The second-order valence-electron chi connectivity index (χ2n) is 6.59. The number of carbonyl (C=O) groups is 1. The molecule has 0 aliphatic heterocycles. The number of phenols is 1. The fraction of sp³-hybridized carbons (Fsp3) is 0.333. The number of H-pyrrole nitrogens is 1. The number of ether oxygens (including phenoxy) is 3. The second-order valence-corrected chi connectivity index (χ2v) is 7.58. The van der Waals surface area contributed by atoms with Gasteiger partial charge in [0.2, 0.25) is 0 Å². The number of amides is 1. The molecule has 0 unspecified atom stereocenters. The van der Waals surface area contributed by atoms with Crippen molar-refractivity contribution in [1.29, 1.82) is 0 Å². The number of aromatic amines is 1. The SMILES string of the molecule is COC(CN(Cc1ccccc1)C(=O)OCCc1ccc(O)c2[nH]c(=O)sc12)OC. The average Bonchev–Trinajstić information content (AvgIpc) is 3.16. The molecule has 0 aliphatic rings. The van der Waals surface area contributed by atoms with Gasteiger partial charge in [-0.15, -0.1) is 0 Å². The van der Waals surface area contributed by atoms with Crippen LogP contribution in [0.25, 0.3) is 10.2 Å². The quantitative estimate of drug-likeness (QED) is 0.504. The van der Waals surface area contributed by atoms with E-state index in [2.05, 4.69) is 4.98 Å². The topological polar surface area (TPSA) is 101 Å². The van der Waals surface area contributed by atoms with Crippen LogP contribution in [0.5, 0.6) is 5.75 Å². The molecule has 2 aromatic carbocycles. The number of methoxy groups -OCH3 is 2. The highest BCUT2D eigenvalue weighted by atomic mass is 32.1. The number of fused-ring (bicyclic) bond motifs is 1. The Balaban J connectivity index is 1.66. The number of benzene rings is 2. The minimum absolute atomic E-state index is 0.0169. The zero-order chi connectivity index (χ0) is 21.5. The summed E-state index contributed by atoms with van der Waals surface area (Å²) in [5, 5.41) is 9.89. The van der Waals surface area contributed by atoms with Gasteiger partial charge in [-0.05, 0) is 17.2 Å². The van der Waals surface area contributed by atoms with Crippen molar-refractivity contribution in [3.05, 3.63) is 63.3 Å². The number of nitrogens with one attached hydrogen (secondary N) is 1. The van der Waals surface area contributed by atoms with Crippen LogP contribution in [0.1, 0.15) is 11.1 Å². The lowest BCUT2D eigenvalue weighted by atomic mass is 10.1. The molecule has 0 aliphatic carbocycles. The minimum atomic E-state index is -0.574. The highest BCUT2D eigenvalue weighted by Gasteiger charge is 2.20. The van der Waals surface area contributed by atoms with Crippen LogP contribution in [-0.4, -0.2) is 54.7 Å². The molecule has 3 rings (SSSR count). The fourth-order valence-corrected chi connectivity index (χ4v) is 3.94. The molecule has 1 aromatic heterocycles. The van der Waals surface area contributed by atoms with Crippen molar-refractivity contribution >= 4 is 27.6 Å². The third-order valence-corrected chi connectivity index (χ3v) is 5.56. The number of aromatic hydroxyl groups is 1. The van der Waals surface area contributed by atoms with Gasteiger partial charge in [0, 0.05) is 27.2 Å². The first-order valence-corrected chi connectivity index (χ1v) is 10.2. The Labute approximate surface area is 177 Å². The Morgan fingerprint density at radius 3 is 2.60 bits per heavy atom. The molecular weight excluding hydrogens is 408 g/mol. The summed E-state index contributed by atoms with van der Waals surface area (Å²) in [4.78, 5) is 28.3. The van der Waals surface area contributed by atoms with Crippen LogP contribution in [0.4, 0.5) is 4.79 Å². The number of phenolic OH excluding ortho intramolecular Hbond substituents is 1. The van der Waals surface area contributed by atoms with Crippen molar-refractivity contribution in [2.45, 2.75) is 19.3 Å². The van der Waals surface area contributed by atoms with Crippen LogP contribution >= 0.6 is 11.3 Å². The van der Waals surface area contributed by atoms with Gasteiger partial charge in [-0.2, -0.15) is 0 Å². The third kappa shape index (κ3) is 5.38. The number of thiazole rings is 1. The van der Waals surface area contributed by atoms with Crippen LogP contribution in [0, 0.1) is 0 Å². The van der Waals surface area contributed by atoms with Crippen molar-refractivity contribution < 1.29 is 24.1 Å². The van der Waals surface area contributed by atoms with Gasteiger partial charge >= 0.3 is 11.0 Å². The standard InChI is InChI=1S/C21H24N2O6S/c1-27-17(28-2)13-23(12-14-6-4-3-5-7-14)21(26)29-11-10-15-8-9-16(24)18-19(15)30-20(25)22-18/h3-9,17,24H,10-13H2,1-2H3,(H,22,25). The van der Waals surface area contributed by atoms with Gasteiger partial charge in [0.15, 0.2) is 6.29 Å². The zero-order valence-corrected chi connectivity index (χ0v) is 17.6. The maximum atomic E-state index is 12.7. The first-order valence-electron chi connectivity index (χ1n) is 9.36. The van der Waals surface area contributed by atoms with E-state index in [1.165, 1.54) is 25.2 Å². The largest absolute Gasteiger partial charge is 0.506 e. The Kier molecular flexibility index (Phi) is 7.45. The van der Waals surface area contributed by atoms with Gasteiger partial charge in [0.25, 0.3) is 0 Å². The van der Waals surface area contributed by atoms with Gasteiger partial charge in [-0.25, -0.2) is 4.79 Å². The number of aromatic nitrogens is 1. The molecule has 9 heteroatoms. The van der Waals surface area contributed by atoms with Crippen molar-refractivity contribution in [2.75, 3.05) is 27.4 Å². The molecule has 160 valence electrons. The molecule has 0 spiro atoms. The van der Waals surface area contributed by atoms with Crippen molar-refractivity contribution in [2.24, 2.45) is 0 Å². The summed E-state index contributed by atoms with van der Waals surface area (Å²) < 4.78 is 16.6. The number of carbonyl (C=O) groups excluding carboxylic acids is 1. The maximum Gasteiger partial charge on any atom is 0.410 e. The highest BCUT2D eigenvalue weighted by molar-refractivity contribution is 7.16. The predicted molar refractivity (Wildman–Crippen MR) is 114 cm³/mol. The van der Waals surface area contributed by atoms with E-state index < -0.39 is 12.4 Å². The van der Waals surface area contributed by atoms with Crippen molar-refractivity contribution in [3.8, 4) is 5.75 Å². The Bertz CT molecular complexity index is 1030. The number of nitrogens with zero attached hydrogens (tertiary/aromatic N) is 1. The summed E-state index contributed by atoms with van der Waals surface area (Å²) in [6.45, 7) is 0.691. The summed E-state index contributed by atoms with van der Waals surface area (Å²) in [6.07, 6.45) is -0.654. The van der Waals surface area contributed by atoms with E-state index in [9.17, 15) is 14.7 Å². The third-order valence-electron chi connectivity index (χ3n) is 4.61. The first-order chi connectivity index (χ1) is 14.5. The summed E-state index contributed by atoms with van der Waals surface area (Å²) in [5.41, 5.74) is 2.18. The van der Waals surface area contributed by atoms with Crippen molar-refractivity contribution in [1.82, 2.24) is 9.88 Å². The van der Waals surface area contributed by atoms with E-state index in [4.69, 9.17) is 14.2 Å². The molecule has 0 bridgehead atoms. The summed E-state index contributed by atoms with van der Waals surface area (Å²) in [5.74, 6) is 0.0169. The van der Waals surface area contributed by atoms with Crippen LogP contribution < -0.4 is 4.87 Å². The normalized spacial score (nSPS) is 11.2. The molecule has 0 atom stereocenters. The van der Waals surface area contributed by atoms with E-state index in [0.717, 1.165) is 22.5 Å². The van der Waals surface area contributed by atoms with Gasteiger partial charge in [0.05, 0.1) is 17.9 Å². The molecule has 0 saturated carbocycles. The average molecular weight is 432 g/mol. The number of hydrogen-bond acceptors (Lipinski definition) is 7. The molecule has 0 radical (unpaired) electrons. The zero-order valence-electron chi connectivity index (χ0n) is 16.8. The Hall–Kier alpha value is -2.88. The lowest BCUT2D eigenvalue weighted by Crippen LogP contribution is -2.39. The highest BCUT2D eigenvalue weighted by Crippen LogP contribution is 2.28. The second kappa shape index (κ2) is 10.2. The number of hydrogen-bond donors (Lipinski definition) is 2. The lowest BCUT2D eigenvalue weighted by Gasteiger charge is -2.25. The summed E-state index contributed by atoms with van der Waals surface area (Å²) in [7, 11) is 3.02. The van der Waals surface area contributed by atoms with Crippen LogP contribution in [0.3, 0.4) is 0 Å². The summed E-state index contributed by atoms with van der Waals surface area (Å²) >= 11 is 1.02. The number of rotatable bonds is 9. The van der Waals surface area contributed by atoms with Crippen molar-refractivity contribution in [3.63, 3.8) is 0 Å². The molecule has 2 N–H and O–H groups in total. The minimum Gasteiger partial charge on any atom is -0.506 e. The van der Waals surface area contributed by atoms with Gasteiger partial charge < -0.3 is 24.3 Å². The molecular formula is C21H24N2O6S. The van der Waals surface area contributed by atoms with Crippen LogP contribution in [-0.2, 0) is 27.2 Å². The molecule has 0 saturated heterocycles. The van der Waals surface area contributed by atoms with E-state index >= 15 is 0 Å². The fourth-order valence-electron chi connectivity index (χ4n) is 3.04. The monoisotopic (exact) mass is 432 g/mol. The van der Waals surface area contributed by atoms with E-state index in [-0.39, 0.29) is 23.8 Å². The van der Waals surface area contributed by atoms with E-state index in [1.54, 1.807) is 6.07 Å². The molecule has 1 heterocycles. The Morgan fingerprint density at radius 2 is 1.90 bits per heavy atom. The van der Waals surface area contributed by atoms with E-state index in [0.29, 0.717) is 23.2 Å². The molecule has 3 aromatic rings. The predicted octanol–water partition coefficient (Wildman–Crippen LogP) is 3.10. The Morgan fingerprint density at radius 1 is 1.17 bits per heavy atom. The van der Waals surface area contributed by atoms with Gasteiger partial charge in [0.1, 0.15) is 11.3 Å². The van der Waals surface area contributed by atoms with E-state index in [1.807, 2.05) is 30.3 Å². The van der Waals surface area contributed by atoms with Crippen LogP contribution in [0.2, 0.25) is 0 Å². The molecule has 30 heavy (non-hydrogen) atoms.